The molecule has 0 aliphatic rings. The predicted octanol–water partition coefficient (Wildman–Crippen LogP) is 1.26. The molecular weight excluding hydrogens is 182 g/mol. The van der Waals surface area contributed by atoms with Gasteiger partial charge in [0.15, 0.2) is 0 Å². The fraction of sp³-hybridized carbons (Fsp3) is 1.00. The molecule has 11 heavy (non-hydrogen) atoms. The van der Waals surface area contributed by atoms with Crippen LogP contribution in [-0.4, -0.2) is 28.8 Å². The van der Waals surface area contributed by atoms with E-state index in [0.29, 0.717) is 0 Å². The maximum atomic E-state index is 9.38. The average molecular weight is 200 g/mol. The van der Waals surface area contributed by atoms with E-state index in [-0.39, 0.29) is 18.4 Å². The van der Waals surface area contributed by atoms with Gasteiger partial charge in [0.1, 0.15) is 0 Å². The largest absolute Gasteiger partial charge is 0.389 e. The molecular formula is C7H18ClNOS. The van der Waals surface area contributed by atoms with Gasteiger partial charge in [-0.05, 0) is 32.3 Å². The van der Waals surface area contributed by atoms with Crippen molar-refractivity contribution in [2.24, 2.45) is 5.73 Å². The predicted molar refractivity (Wildman–Crippen MR) is 54.5 cm³/mol. The summed E-state index contributed by atoms with van der Waals surface area (Å²) >= 11 is 1.75. The van der Waals surface area contributed by atoms with Crippen LogP contribution in [0.1, 0.15) is 20.3 Å². The lowest BCUT2D eigenvalue weighted by atomic mass is 9.98. The summed E-state index contributed by atoms with van der Waals surface area (Å²) in [5, 5.41) is 9.38. The van der Waals surface area contributed by atoms with Gasteiger partial charge in [-0.3, -0.25) is 0 Å². The van der Waals surface area contributed by atoms with Crippen molar-refractivity contribution in [3.8, 4) is 0 Å². The van der Waals surface area contributed by atoms with Gasteiger partial charge in [0, 0.05) is 6.04 Å². The third kappa shape index (κ3) is 6.94. The first-order valence-corrected chi connectivity index (χ1v) is 4.84. The first kappa shape index (κ1) is 14.1. The van der Waals surface area contributed by atoms with Crippen LogP contribution in [0.5, 0.6) is 0 Å². The summed E-state index contributed by atoms with van der Waals surface area (Å²) in [7, 11) is 0. The zero-order valence-corrected chi connectivity index (χ0v) is 8.97. The number of rotatable bonds is 4. The van der Waals surface area contributed by atoms with Crippen molar-refractivity contribution in [1.82, 2.24) is 0 Å². The van der Waals surface area contributed by atoms with Crippen LogP contribution in [0.15, 0.2) is 0 Å². The quantitative estimate of drug-likeness (QED) is 0.717. The Bertz CT molecular complexity index is 94.9. The number of nitrogens with two attached hydrogens (primary N) is 1. The SMILES string of the molecule is CSCC[C@H](N)C(C)(C)O.Cl. The highest BCUT2D eigenvalue weighted by molar-refractivity contribution is 7.98. The van der Waals surface area contributed by atoms with Crippen LogP contribution in [0.4, 0.5) is 0 Å². The molecule has 0 spiro atoms. The second-order valence-electron chi connectivity index (χ2n) is 3.04. The van der Waals surface area contributed by atoms with Crippen molar-refractivity contribution in [1.29, 1.82) is 0 Å². The van der Waals surface area contributed by atoms with Gasteiger partial charge in [0.2, 0.25) is 0 Å². The molecule has 0 saturated carbocycles. The Labute approximate surface area is 79.3 Å². The summed E-state index contributed by atoms with van der Waals surface area (Å²) in [4.78, 5) is 0. The van der Waals surface area contributed by atoms with Crippen molar-refractivity contribution in [3.63, 3.8) is 0 Å². The van der Waals surface area contributed by atoms with E-state index in [0.717, 1.165) is 12.2 Å². The molecule has 0 amide bonds. The Balaban J connectivity index is 0. The van der Waals surface area contributed by atoms with E-state index in [1.807, 2.05) is 6.26 Å². The first-order valence-electron chi connectivity index (χ1n) is 3.45. The van der Waals surface area contributed by atoms with Crippen LogP contribution in [0, 0.1) is 0 Å². The van der Waals surface area contributed by atoms with Gasteiger partial charge in [-0.15, -0.1) is 12.4 Å². The van der Waals surface area contributed by atoms with Crippen molar-refractivity contribution in [3.05, 3.63) is 0 Å². The summed E-state index contributed by atoms with van der Waals surface area (Å²) < 4.78 is 0. The van der Waals surface area contributed by atoms with Crippen LogP contribution < -0.4 is 5.73 Å². The van der Waals surface area contributed by atoms with E-state index in [9.17, 15) is 5.11 Å². The molecule has 0 saturated heterocycles. The van der Waals surface area contributed by atoms with Gasteiger partial charge in [0.25, 0.3) is 0 Å². The molecule has 0 heterocycles. The smallest absolute Gasteiger partial charge is 0.0742 e. The lowest BCUT2D eigenvalue weighted by Crippen LogP contribution is -2.43. The second kappa shape index (κ2) is 6.12. The molecule has 0 aromatic rings. The van der Waals surface area contributed by atoms with Crippen LogP contribution in [-0.2, 0) is 0 Å². The standard InChI is InChI=1S/C7H17NOS.ClH/c1-7(2,9)6(8)4-5-10-3;/h6,9H,4-5,8H2,1-3H3;1H/t6-;/m0./s1. The number of hydrogen-bond acceptors (Lipinski definition) is 3. The van der Waals surface area contributed by atoms with E-state index >= 15 is 0 Å². The van der Waals surface area contributed by atoms with Crippen LogP contribution in [0.3, 0.4) is 0 Å². The van der Waals surface area contributed by atoms with Crippen molar-refractivity contribution < 1.29 is 5.11 Å². The molecule has 0 aromatic carbocycles. The normalized spacial score (nSPS) is 13.9. The Morgan fingerprint density at radius 3 is 2.27 bits per heavy atom. The van der Waals surface area contributed by atoms with E-state index in [2.05, 4.69) is 0 Å². The molecule has 4 heteroatoms. The average Bonchev–Trinajstić information content (AvgIpc) is 1.80. The highest BCUT2D eigenvalue weighted by Crippen LogP contribution is 2.11. The molecule has 0 aliphatic heterocycles. The molecule has 0 fully saturated rings. The first-order chi connectivity index (χ1) is 4.48. The third-order valence-electron chi connectivity index (χ3n) is 1.54. The van der Waals surface area contributed by atoms with Gasteiger partial charge < -0.3 is 10.8 Å². The van der Waals surface area contributed by atoms with Gasteiger partial charge in [-0.25, -0.2) is 0 Å². The van der Waals surface area contributed by atoms with E-state index in [1.165, 1.54) is 0 Å². The number of hydrogen-bond donors (Lipinski definition) is 2. The minimum atomic E-state index is -0.726. The molecule has 3 N–H and O–H groups in total. The van der Waals surface area contributed by atoms with Crippen LogP contribution in [0.2, 0.25) is 0 Å². The number of aliphatic hydroxyl groups is 1. The minimum absolute atomic E-state index is 0. The van der Waals surface area contributed by atoms with Crippen molar-refractivity contribution in [2.45, 2.75) is 31.9 Å². The second-order valence-corrected chi connectivity index (χ2v) is 4.03. The molecule has 0 radical (unpaired) electrons. The summed E-state index contributed by atoms with van der Waals surface area (Å²) in [6.07, 6.45) is 2.92. The Morgan fingerprint density at radius 1 is 1.55 bits per heavy atom. The molecule has 0 aliphatic carbocycles. The highest BCUT2D eigenvalue weighted by Gasteiger charge is 2.21. The van der Waals surface area contributed by atoms with Gasteiger partial charge >= 0.3 is 0 Å². The molecule has 2 nitrogen and oxygen atoms in total. The Morgan fingerprint density at radius 2 is 2.00 bits per heavy atom. The lowest BCUT2D eigenvalue weighted by molar-refractivity contribution is 0.0512. The lowest BCUT2D eigenvalue weighted by Gasteiger charge is -2.25. The van der Waals surface area contributed by atoms with Gasteiger partial charge in [-0.1, -0.05) is 0 Å². The van der Waals surface area contributed by atoms with Gasteiger partial charge in [-0.2, -0.15) is 11.8 Å². The van der Waals surface area contributed by atoms with Crippen molar-refractivity contribution >= 4 is 24.2 Å². The maximum absolute atomic E-state index is 9.38. The van der Waals surface area contributed by atoms with E-state index in [4.69, 9.17) is 5.73 Å². The molecule has 0 bridgehead atoms. The Hall–Kier alpha value is 0.560. The number of thioether (sulfide) groups is 1. The topological polar surface area (TPSA) is 46.2 Å². The zero-order chi connectivity index (χ0) is 8.20. The van der Waals surface area contributed by atoms with E-state index < -0.39 is 5.60 Å². The van der Waals surface area contributed by atoms with E-state index in [1.54, 1.807) is 25.6 Å². The van der Waals surface area contributed by atoms with Crippen molar-refractivity contribution in [2.75, 3.05) is 12.0 Å². The summed E-state index contributed by atoms with van der Waals surface area (Å²) in [6, 6.07) is -0.0973. The fourth-order valence-corrected chi connectivity index (χ4v) is 1.09. The molecule has 0 unspecified atom stereocenters. The van der Waals surface area contributed by atoms with Crippen LogP contribution in [0.25, 0.3) is 0 Å². The van der Waals surface area contributed by atoms with Crippen LogP contribution >= 0.6 is 24.2 Å². The molecule has 1 atom stereocenters. The summed E-state index contributed by atoms with van der Waals surface area (Å²) in [6.45, 7) is 3.50. The maximum Gasteiger partial charge on any atom is 0.0742 e. The molecule has 0 aromatic heterocycles. The highest BCUT2D eigenvalue weighted by atomic mass is 35.5. The minimum Gasteiger partial charge on any atom is -0.389 e. The molecule has 70 valence electrons. The molecule has 0 rings (SSSR count). The summed E-state index contributed by atoms with van der Waals surface area (Å²) in [5.74, 6) is 1.02. The summed E-state index contributed by atoms with van der Waals surface area (Å²) in [5.41, 5.74) is 4.95. The fourth-order valence-electron chi connectivity index (χ4n) is 0.598. The zero-order valence-electron chi connectivity index (χ0n) is 7.33. The Kier molecular flexibility index (Phi) is 7.84. The number of halogens is 1. The monoisotopic (exact) mass is 199 g/mol. The van der Waals surface area contributed by atoms with Gasteiger partial charge in [0.05, 0.1) is 5.60 Å². The third-order valence-corrected chi connectivity index (χ3v) is 2.18.